The average Bonchev–Trinajstić information content (AvgIpc) is 3.78. The first kappa shape index (κ1) is 32.0. The van der Waals surface area contributed by atoms with E-state index in [1.54, 1.807) is 0 Å². The zero-order valence-electron chi connectivity index (χ0n) is 32.1. The van der Waals surface area contributed by atoms with Crippen molar-refractivity contribution in [3.8, 4) is 22.3 Å². The highest BCUT2D eigenvalue weighted by Gasteiger charge is 2.53. The quantitative estimate of drug-likeness (QED) is 0.165. The minimum absolute atomic E-state index is 0.0356. The highest BCUT2D eigenvalue weighted by atomic mass is 28.3. The van der Waals surface area contributed by atoms with Crippen molar-refractivity contribution >= 4 is 97.8 Å². The van der Waals surface area contributed by atoms with E-state index < -0.39 is 8.07 Å². The topological polar surface area (TPSA) is 32.8 Å². The molecule has 3 aliphatic rings. The molecule has 0 N–H and O–H groups in total. The Morgan fingerprint density at radius 2 is 1.25 bits per heavy atom. The van der Waals surface area contributed by atoms with E-state index in [0.717, 1.165) is 50.3 Å². The van der Waals surface area contributed by atoms with Gasteiger partial charge in [-0.05, 0) is 68.3 Å². The molecule has 9 aromatic rings. The van der Waals surface area contributed by atoms with E-state index in [1.807, 2.05) is 0 Å². The van der Waals surface area contributed by atoms with Crippen molar-refractivity contribution < 1.29 is 8.83 Å². The van der Waals surface area contributed by atoms with Crippen LogP contribution in [0.3, 0.4) is 0 Å². The molecule has 12 rings (SSSR count). The maximum Gasteiger partial charge on any atom is 0.337 e. The summed E-state index contributed by atoms with van der Waals surface area (Å²) in [5, 5.41) is 6.39. The number of anilines is 5. The van der Waals surface area contributed by atoms with E-state index in [2.05, 4.69) is 189 Å². The lowest BCUT2D eigenvalue weighted by Crippen LogP contribution is -2.68. The molecule has 0 unspecified atom stereocenters. The Kier molecular flexibility index (Phi) is 6.27. The molecule has 0 saturated carbocycles. The molecule has 5 heterocycles. The molecule has 268 valence electrons. The molecule has 7 aromatic carbocycles. The van der Waals surface area contributed by atoms with Gasteiger partial charge in [0, 0.05) is 50.2 Å². The van der Waals surface area contributed by atoms with Gasteiger partial charge in [0.15, 0.2) is 0 Å². The highest BCUT2D eigenvalue weighted by Crippen LogP contribution is 2.53. The maximum atomic E-state index is 7.21. The molecular formula is C50H39BN2O2Si. The Bertz CT molecular complexity index is 3130. The predicted molar refractivity (Wildman–Crippen MR) is 238 cm³/mol. The van der Waals surface area contributed by atoms with Crippen LogP contribution < -0.4 is 31.0 Å². The highest BCUT2D eigenvalue weighted by molar-refractivity contribution is 7.05. The van der Waals surface area contributed by atoms with E-state index in [0.29, 0.717) is 0 Å². The third-order valence-corrected chi connectivity index (χ3v) is 16.3. The van der Waals surface area contributed by atoms with E-state index in [4.69, 9.17) is 8.83 Å². The third kappa shape index (κ3) is 4.09. The van der Waals surface area contributed by atoms with E-state index in [-0.39, 0.29) is 12.3 Å². The maximum absolute atomic E-state index is 7.21. The summed E-state index contributed by atoms with van der Waals surface area (Å²) in [7, 11) is -2.11. The fourth-order valence-electron chi connectivity index (χ4n) is 10.2. The summed E-state index contributed by atoms with van der Waals surface area (Å²) in [6.07, 6.45) is 0. The van der Waals surface area contributed by atoms with Gasteiger partial charge in [0.2, 0.25) is 5.88 Å². The van der Waals surface area contributed by atoms with Gasteiger partial charge < -0.3 is 13.6 Å². The first-order valence-electron chi connectivity index (χ1n) is 19.7. The lowest BCUT2D eigenvalue weighted by atomic mass is 9.43. The molecule has 56 heavy (non-hydrogen) atoms. The van der Waals surface area contributed by atoms with Gasteiger partial charge in [-0.1, -0.05) is 143 Å². The minimum atomic E-state index is -2.11. The van der Waals surface area contributed by atoms with Gasteiger partial charge in [0.25, 0.3) is 0 Å². The number of para-hydroxylation sites is 4. The second kappa shape index (κ2) is 11.0. The fraction of sp³-hybridized carbons (Fsp3) is 0.120. The van der Waals surface area contributed by atoms with Crippen LogP contribution >= 0.6 is 0 Å². The lowest BCUT2D eigenvalue weighted by Gasteiger charge is -2.50. The lowest BCUT2D eigenvalue weighted by molar-refractivity contribution is 0.590. The zero-order chi connectivity index (χ0) is 37.7. The minimum Gasteiger partial charge on any atom is -0.456 e. The molecule has 0 bridgehead atoms. The van der Waals surface area contributed by atoms with Crippen LogP contribution in [0.4, 0.5) is 28.6 Å². The zero-order valence-corrected chi connectivity index (χ0v) is 33.1. The first-order chi connectivity index (χ1) is 27.2. The molecule has 4 nitrogen and oxygen atoms in total. The molecule has 0 aliphatic carbocycles. The van der Waals surface area contributed by atoms with E-state index >= 15 is 0 Å². The van der Waals surface area contributed by atoms with Crippen LogP contribution in [-0.2, 0) is 5.41 Å². The Morgan fingerprint density at radius 1 is 0.554 bits per heavy atom. The molecule has 6 heteroatoms. The van der Waals surface area contributed by atoms with Crippen LogP contribution in [0.2, 0.25) is 13.1 Å². The summed E-state index contributed by atoms with van der Waals surface area (Å²) in [6, 6.07) is 53.5. The van der Waals surface area contributed by atoms with Crippen LogP contribution in [-0.4, -0.2) is 14.9 Å². The average molecular weight is 739 g/mol. The van der Waals surface area contributed by atoms with Gasteiger partial charge in [-0.3, -0.25) is 4.90 Å². The Morgan fingerprint density at radius 3 is 2.05 bits per heavy atom. The molecule has 0 amide bonds. The van der Waals surface area contributed by atoms with Gasteiger partial charge in [-0.25, -0.2) is 0 Å². The van der Waals surface area contributed by atoms with Gasteiger partial charge in [0.05, 0.1) is 11.4 Å². The number of benzene rings is 7. The summed E-state index contributed by atoms with van der Waals surface area (Å²) in [5.41, 5.74) is 16.0. The smallest absolute Gasteiger partial charge is 0.337 e. The largest absolute Gasteiger partial charge is 0.456 e. The number of hydrogen-bond donors (Lipinski definition) is 0. The molecule has 0 spiro atoms. The van der Waals surface area contributed by atoms with E-state index in [9.17, 15) is 0 Å². The van der Waals surface area contributed by atoms with Crippen molar-refractivity contribution in [2.24, 2.45) is 0 Å². The van der Waals surface area contributed by atoms with Crippen molar-refractivity contribution in [2.45, 2.75) is 39.3 Å². The predicted octanol–water partition coefficient (Wildman–Crippen LogP) is 11.1. The second-order valence-electron chi connectivity index (χ2n) is 17.3. The van der Waals surface area contributed by atoms with Gasteiger partial charge >= 0.3 is 6.85 Å². The molecule has 3 aliphatic heterocycles. The van der Waals surface area contributed by atoms with Gasteiger partial charge in [-0.2, -0.15) is 0 Å². The third-order valence-electron chi connectivity index (χ3n) is 12.8. The normalized spacial score (nSPS) is 14.9. The summed E-state index contributed by atoms with van der Waals surface area (Å²) in [5.74, 6) is 0.853. The van der Waals surface area contributed by atoms with Crippen LogP contribution in [0.15, 0.2) is 154 Å². The molecule has 0 radical (unpaired) electrons. The molecular weight excluding hydrogens is 699 g/mol. The van der Waals surface area contributed by atoms with E-state index in [1.165, 1.54) is 60.3 Å². The summed E-state index contributed by atoms with van der Waals surface area (Å²) >= 11 is 0. The fourth-order valence-corrected chi connectivity index (χ4v) is 13.2. The number of fused-ring (bicyclic) bond motifs is 12. The monoisotopic (exact) mass is 738 g/mol. The standard InChI is InChI=1S/C50H39BN2O2Si/c1-50(2,3)31-26-27-36(35(28-31)30-16-7-6-8-17-30)52-38-29-41-44(32-18-9-12-22-39(32)54-41)45-34-20-15-25-43-48(34)53(37-21-11-14-24-42(37)56(43,4)5)51(47(38)45)46-33-19-10-13-23-40(33)55-49(46)52/h6-29H,1-5H3. The van der Waals surface area contributed by atoms with Crippen molar-refractivity contribution in [3.05, 3.63) is 151 Å². The molecule has 0 atom stereocenters. The molecule has 0 fully saturated rings. The van der Waals surface area contributed by atoms with Crippen molar-refractivity contribution in [3.63, 3.8) is 0 Å². The second-order valence-corrected chi connectivity index (χ2v) is 21.6. The SMILES string of the molecule is CC(C)(C)c1ccc(N2c3cc4oc5ccccc5c4c4c3B(c3c2oc2ccccc32)N2c3ccccc3[Si](C)(C)c3cccc-4c32)c(-c2ccccc2)c1. The van der Waals surface area contributed by atoms with Crippen molar-refractivity contribution in [2.75, 3.05) is 9.71 Å². The van der Waals surface area contributed by atoms with Crippen molar-refractivity contribution in [1.82, 2.24) is 0 Å². The molecule has 0 saturated heterocycles. The number of rotatable bonds is 2. The number of nitrogens with zero attached hydrogens (tertiary/aromatic N) is 2. The van der Waals surface area contributed by atoms with Crippen LogP contribution in [0.25, 0.3) is 55.2 Å². The Balaban J connectivity index is 1.29. The Labute approximate surface area is 327 Å². The number of hydrogen-bond acceptors (Lipinski definition) is 4. The van der Waals surface area contributed by atoms with Gasteiger partial charge in [-0.15, -0.1) is 0 Å². The summed E-state index contributed by atoms with van der Waals surface area (Å²) in [4.78, 5) is 5.09. The summed E-state index contributed by atoms with van der Waals surface area (Å²) < 4.78 is 14.1. The van der Waals surface area contributed by atoms with Crippen molar-refractivity contribution in [1.29, 1.82) is 0 Å². The molecule has 2 aromatic heterocycles. The van der Waals surface area contributed by atoms with Crippen LogP contribution in [0.5, 0.6) is 0 Å². The van der Waals surface area contributed by atoms with Crippen LogP contribution in [0, 0.1) is 0 Å². The Hall–Kier alpha value is -6.24. The van der Waals surface area contributed by atoms with Gasteiger partial charge in [0.1, 0.15) is 24.8 Å². The summed E-state index contributed by atoms with van der Waals surface area (Å²) in [6.45, 7) is 11.7. The van der Waals surface area contributed by atoms with Crippen LogP contribution in [0.1, 0.15) is 26.3 Å². The first-order valence-corrected chi connectivity index (χ1v) is 22.7. The number of furan rings is 2.